The number of amides is 9. The lowest BCUT2D eigenvalue weighted by atomic mass is 9.85. The van der Waals surface area contributed by atoms with E-state index in [1.165, 1.54) is 7.11 Å². The monoisotopic (exact) mass is 1320 g/mol. The minimum Gasteiger partial charge on any atom is -0.379 e. The fraction of sp³-hybridized carbons (Fsp3) is 0.686. The molecule has 24 heteroatoms. The zero-order valence-electron chi connectivity index (χ0n) is 58.6. The molecular weight excluding hydrogens is 1200 g/mol. The Morgan fingerprint density at radius 2 is 1.35 bits per heavy atom. The fourth-order valence-electron chi connectivity index (χ4n) is 12.9. The van der Waals surface area contributed by atoms with Crippen LogP contribution in [0, 0.1) is 47.3 Å². The van der Waals surface area contributed by atoms with Gasteiger partial charge in [-0.25, -0.2) is 4.79 Å². The Labute approximate surface area is 558 Å². The summed E-state index contributed by atoms with van der Waals surface area (Å²) in [6.45, 7) is 18.3. The first-order valence-electron chi connectivity index (χ1n) is 33.7. The molecule has 2 saturated heterocycles. The van der Waals surface area contributed by atoms with E-state index >= 15 is 0 Å². The molecule has 4 rings (SSSR count). The van der Waals surface area contributed by atoms with E-state index in [-0.39, 0.29) is 136 Å². The number of likely N-dealkylation sites (tertiary alicyclic amines) is 1. The number of hydrogen-bond acceptors (Lipinski definition) is 15. The van der Waals surface area contributed by atoms with Crippen LogP contribution in [0.1, 0.15) is 144 Å². The Balaban J connectivity index is 1.42. The number of ketones is 2. The van der Waals surface area contributed by atoms with E-state index < -0.39 is 84.3 Å². The van der Waals surface area contributed by atoms with Crippen LogP contribution in [0.25, 0.3) is 0 Å². The van der Waals surface area contributed by atoms with Gasteiger partial charge in [0.1, 0.15) is 11.8 Å². The molecule has 8 N–H and O–H groups in total. The summed E-state index contributed by atoms with van der Waals surface area (Å²) in [6.07, 6.45) is 1.40. The van der Waals surface area contributed by atoms with Gasteiger partial charge in [0.25, 0.3) is 0 Å². The van der Waals surface area contributed by atoms with Crippen molar-refractivity contribution >= 4 is 64.6 Å². The van der Waals surface area contributed by atoms with E-state index in [4.69, 9.17) is 24.7 Å². The molecule has 94 heavy (non-hydrogen) atoms. The van der Waals surface area contributed by atoms with E-state index in [2.05, 4.69) is 31.9 Å². The Morgan fingerprint density at radius 1 is 0.713 bits per heavy atom. The second-order valence-corrected chi connectivity index (χ2v) is 26.8. The van der Waals surface area contributed by atoms with E-state index in [0.717, 1.165) is 5.56 Å². The first kappa shape index (κ1) is 79.6. The topological polar surface area (TPSA) is 316 Å². The van der Waals surface area contributed by atoms with Crippen molar-refractivity contribution in [3.63, 3.8) is 0 Å². The highest BCUT2D eigenvalue weighted by Crippen LogP contribution is 2.32. The number of anilines is 1. The molecular formula is C70H112N10O14. The van der Waals surface area contributed by atoms with Gasteiger partial charge in [0.05, 0.1) is 61.9 Å². The molecule has 9 amide bonds. The van der Waals surface area contributed by atoms with E-state index in [0.29, 0.717) is 56.3 Å². The average Bonchev–Trinajstić information content (AvgIpc) is 1.42. The zero-order chi connectivity index (χ0) is 69.9. The maximum Gasteiger partial charge on any atom is 0.312 e. The second-order valence-electron chi connectivity index (χ2n) is 26.8. The summed E-state index contributed by atoms with van der Waals surface area (Å²) in [5.41, 5.74) is 7.29. The molecule has 2 aromatic rings. The van der Waals surface area contributed by atoms with Crippen LogP contribution in [0.15, 0.2) is 54.6 Å². The van der Waals surface area contributed by atoms with Crippen molar-refractivity contribution in [3.05, 3.63) is 65.7 Å². The molecule has 2 aliphatic heterocycles. The maximum absolute atomic E-state index is 14.6. The predicted octanol–water partition coefficient (Wildman–Crippen LogP) is 5.78. The van der Waals surface area contributed by atoms with Gasteiger partial charge in [-0.2, -0.15) is 0 Å². The number of carbonyl (C=O) groups excluding carboxylic acids is 10. The molecule has 2 aliphatic rings. The van der Waals surface area contributed by atoms with Gasteiger partial charge in [0.15, 0.2) is 12.1 Å². The molecule has 0 unspecified atom stereocenters. The summed E-state index contributed by atoms with van der Waals surface area (Å²) in [7, 11) is 10.0. The SMILES string of the molecule is CC[C@H](C)[C@@H]([C@@H](CC(=O)N1CCC[C@H]1[C@H](OC)[C@@H](C)C(=O)C[C@@H](Cc1ccccc1)C(=O)NCc1ccc(NC(=O)[C@H](CCCNC(N)=O)CC(=O)[C@@H](NC(=O)CCCC2OCC(C(=O)NC)CO2)C(C)C)cc1)OC)N(C)C(=O)[C@@H](NC(=O)[C@H](C(C)C)N(C)C)C(C)C. The maximum atomic E-state index is 14.6. The van der Waals surface area contributed by atoms with Gasteiger partial charge in [-0.15, -0.1) is 0 Å². The third-order valence-corrected chi connectivity index (χ3v) is 18.5. The molecule has 0 spiro atoms. The normalized spacial score (nSPS) is 19.0. The number of primary amides is 1. The van der Waals surface area contributed by atoms with Crippen molar-refractivity contribution in [2.45, 2.75) is 195 Å². The molecule has 0 aliphatic carbocycles. The van der Waals surface area contributed by atoms with E-state index in [9.17, 15) is 47.9 Å². The molecule has 11 atom stereocenters. The van der Waals surface area contributed by atoms with Gasteiger partial charge < -0.3 is 66.4 Å². The van der Waals surface area contributed by atoms with Gasteiger partial charge in [-0.3, -0.25) is 48.1 Å². The number of urea groups is 1. The summed E-state index contributed by atoms with van der Waals surface area (Å²) in [5, 5.41) is 16.9. The molecule has 2 heterocycles. The number of hydrogen-bond donors (Lipinski definition) is 7. The lowest BCUT2D eigenvalue weighted by Crippen LogP contribution is -2.59. The summed E-state index contributed by atoms with van der Waals surface area (Å²) in [6, 6.07) is 12.5. The molecule has 2 fully saturated rings. The van der Waals surface area contributed by atoms with Crippen molar-refractivity contribution < 1.29 is 66.9 Å². The predicted molar refractivity (Wildman–Crippen MR) is 359 cm³/mol. The number of nitrogens with two attached hydrogens (primary N) is 1. The number of carbonyl (C=O) groups is 10. The van der Waals surface area contributed by atoms with Crippen molar-refractivity contribution in [3.8, 4) is 0 Å². The number of nitrogens with zero attached hydrogens (tertiary/aromatic N) is 3. The molecule has 0 aromatic heterocycles. The van der Waals surface area contributed by atoms with Gasteiger partial charge in [0.2, 0.25) is 41.4 Å². The van der Waals surface area contributed by atoms with Crippen molar-refractivity contribution in [2.24, 2.45) is 53.1 Å². The Hall–Kier alpha value is -6.86. The molecule has 2 aromatic carbocycles. The van der Waals surface area contributed by atoms with Crippen LogP contribution >= 0.6 is 0 Å². The van der Waals surface area contributed by atoms with Crippen LogP contribution in [0.3, 0.4) is 0 Å². The highest BCUT2D eigenvalue weighted by molar-refractivity contribution is 5.97. The lowest BCUT2D eigenvalue weighted by Gasteiger charge is -2.41. The highest BCUT2D eigenvalue weighted by Gasteiger charge is 2.44. The minimum absolute atomic E-state index is 0.000404. The average molecular weight is 1320 g/mol. The van der Waals surface area contributed by atoms with Gasteiger partial charge in [0, 0.05) is 90.7 Å². The summed E-state index contributed by atoms with van der Waals surface area (Å²) < 4.78 is 23.6. The number of nitrogens with one attached hydrogen (secondary N) is 6. The molecule has 0 radical (unpaired) electrons. The van der Waals surface area contributed by atoms with E-state index in [1.807, 2.05) is 105 Å². The number of ether oxygens (including phenoxy) is 4. The third kappa shape index (κ3) is 24.4. The van der Waals surface area contributed by atoms with Crippen molar-refractivity contribution in [1.82, 2.24) is 41.3 Å². The summed E-state index contributed by atoms with van der Waals surface area (Å²) in [5.74, 6) is -5.88. The smallest absolute Gasteiger partial charge is 0.312 e. The van der Waals surface area contributed by atoms with Crippen LogP contribution in [-0.2, 0) is 75.1 Å². The zero-order valence-corrected chi connectivity index (χ0v) is 58.6. The number of rotatable bonds is 40. The van der Waals surface area contributed by atoms with Crippen LogP contribution < -0.4 is 37.6 Å². The summed E-state index contributed by atoms with van der Waals surface area (Å²) in [4.78, 5) is 141. The highest BCUT2D eigenvalue weighted by atomic mass is 16.7. The largest absolute Gasteiger partial charge is 0.379 e. The number of methoxy groups -OCH3 is 2. The van der Waals surface area contributed by atoms with Gasteiger partial charge in [-0.05, 0) is 106 Å². The Kier molecular flexibility index (Phi) is 33.8. The minimum atomic E-state index is -0.878. The molecule has 526 valence electrons. The molecule has 0 saturated carbocycles. The Morgan fingerprint density at radius 3 is 1.91 bits per heavy atom. The van der Waals surface area contributed by atoms with Crippen molar-refractivity contribution in [2.75, 3.05) is 74.0 Å². The standard InChI is InChI=1S/C70H112N10O14/c1-16-45(8)63(79(13)69(89)61(43(4)5)77-68(88)62(44(6)7)78(11)12)56(91-14)38-58(84)80-34-22-26-53(80)64(92-15)46(9)54(81)37-50(35-47-23-18-17-19-24-47)66(86)74-39-48-29-31-52(32-30-48)75-67(87)49(25-21-33-73-70(71)90)36-55(82)60(42(2)3)76-57(83)27-20-28-59-93-40-51(41-94-59)65(85)72-10/h17-19,23-24,29-32,42-46,49-51,53,56,59-64H,16,20-22,25-28,33-41H2,1-15H3,(H,72,85)(H,74,86)(H,75,87)(H,76,83)(H,77,88)(H3,71,73,90)/t45-,46-,49+,50+,51?,53-,56+,59?,60-,61-,62-,63-,64+/m0/s1. The van der Waals surface area contributed by atoms with Crippen LogP contribution in [-0.4, -0.2) is 191 Å². The first-order chi connectivity index (χ1) is 44.6. The van der Waals surface area contributed by atoms with Crippen LogP contribution in [0.5, 0.6) is 0 Å². The number of likely N-dealkylation sites (N-methyl/N-ethyl adjacent to an activating group) is 2. The van der Waals surface area contributed by atoms with Gasteiger partial charge in [-0.1, -0.05) is 111 Å². The van der Waals surface area contributed by atoms with E-state index in [1.54, 1.807) is 62.2 Å². The molecule has 24 nitrogen and oxygen atoms in total. The quantitative estimate of drug-likeness (QED) is 0.0389. The summed E-state index contributed by atoms with van der Waals surface area (Å²) >= 11 is 0. The van der Waals surface area contributed by atoms with Crippen LogP contribution in [0.4, 0.5) is 10.5 Å². The molecule has 0 bridgehead atoms. The second kappa shape index (κ2) is 39.9. The Bertz CT molecular complexity index is 2750. The third-order valence-electron chi connectivity index (χ3n) is 18.5. The lowest BCUT2D eigenvalue weighted by molar-refractivity contribution is -0.204. The van der Waals surface area contributed by atoms with Crippen LogP contribution in [0.2, 0.25) is 0 Å². The number of benzene rings is 2. The number of Topliss-reactive ketones (excluding diaryl/α,β-unsaturated/α-hetero) is 2. The first-order valence-corrected chi connectivity index (χ1v) is 33.7. The van der Waals surface area contributed by atoms with Gasteiger partial charge >= 0.3 is 6.03 Å². The fourth-order valence-corrected chi connectivity index (χ4v) is 12.9. The van der Waals surface area contributed by atoms with Crippen molar-refractivity contribution in [1.29, 1.82) is 0 Å².